The molecule has 1 N–H and O–H groups in total. The van der Waals surface area contributed by atoms with Gasteiger partial charge in [-0.15, -0.1) is 11.3 Å². The summed E-state index contributed by atoms with van der Waals surface area (Å²) in [6, 6.07) is 5.20. The molecule has 0 aliphatic rings. The highest BCUT2D eigenvalue weighted by Crippen LogP contribution is 2.28. The first-order valence-electron chi connectivity index (χ1n) is 7.32. The molecule has 124 valence electrons. The van der Waals surface area contributed by atoms with Crippen molar-refractivity contribution in [3.8, 4) is 5.75 Å². The Kier molecular flexibility index (Phi) is 6.38. The molecule has 0 saturated heterocycles. The van der Waals surface area contributed by atoms with E-state index in [-0.39, 0.29) is 5.91 Å². The van der Waals surface area contributed by atoms with E-state index in [9.17, 15) is 4.79 Å². The summed E-state index contributed by atoms with van der Waals surface area (Å²) in [7, 11) is 3.93. The summed E-state index contributed by atoms with van der Waals surface area (Å²) in [5.41, 5.74) is 1.03. The first-order chi connectivity index (χ1) is 11.0. The number of amides is 1. The van der Waals surface area contributed by atoms with Crippen LogP contribution >= 0.6 is 22.9 Å². The van der Waals surface area contributed by atoms with E-state index in [1.807, 2.05) is 25.9 Å². The third kappa shape index (κ3) is 5.20. The van der Waals surface area contributed by atoms with Gasteiger partial charge in [-0.05, 0) is 38.7 Å². The summed E-state index contributed by atoms with van der Waals surface area (Å²) in [6.07, 6.45) is 0.911. The summed E-state index contributed by atoms with van der Waals surface area (Å²) in [6.45, 7) is 3.35. The zero-order valence-electron chi connectivity index (χ0n) is 13.4. The minimum Gasteiger partial charge on any atom is -0.492 e. The number of carbonyl (C=O) groups is 1. The zero-order chi connectivity index (χ0) is 16.8. The highest BCUT2D eigenvalue weighted by Gasteiger charge is 2.12. The Morgan fingerprint density at radius 3 is 2.87 bits per heavy atom. The van der Waals surface area contributed by atoms with Gasteiger partial charge in [0.1, 0.15) is 16.5 Å². The van der Waals surface area contributed by atoms with Gasteiger partial charge in [0.25, 0.3) is 5.91 Å². The predicted octanol–water partition coefficient (Wildman–Crippen LogP) is 3.90. The van der Waals surface area contributed by atoms with Crippen molar-refractivity contribution in [3.63, 3.8) is 0 Å². The fraction of sp³-hybridized carbons (Fsp3) is 0.375. The molecule has 0 unspecified atom stereocenters. The van der Waals surface area contributed by atoms with Crippen LogP contribution in [0.3, 0.4) is 0 Å². The van der Waals surface area contributed by atoms with E-state index in [1.54, 1.807) is 23.6 Å². The Morgan fingerprint density at radius 2 is 2.22 bits per heavy atom. The second-order valence-corrected chi connectivity index (χ2v) is 6.66. The third-order valence-electron chi connectivity index (χ3n) is 2.89. The fourth-order valence-corrected chi connectivity index (χ4v) is 2.99. The molecule has 1 aromatic carbocycles. The van der Waals surface area contributed by atoms with Crippen molar-refractivity contribution in [2.24, 2.45) is 0 Å². The highest BCUT2D eigenvalue weighted by atomic mass is 35.5. The predicted molar refractivity (Wildman–Crippen MR) is 94.7 cm³/mol. The number of anilines is 1. The molecule has 0 aliphatic carbocycles. The molecule has 0 fully saturated rings. The quantitative estimate of drug-likeness (QED) is 0.820. The molecule has 2 rings (SSSR count). The molecule has 1 aromatic heterocycles. The maximum Gasteiger partial charge on any atom is 0.275 e. The number of rotatable bonds is 7. The van der Waals surface area contributed by atoms with Crippen molar-refractivity contribution in [1.29, 1.82) is 0 Å². The van der Waals surface area contributed by atoms with Gasteiger partial charge in [0.05, 0.1) is 11.6 Å². The Hall–Kier alpha value is -1.63. The normalized spacial score (nSPS) is 10.8. The number of hydrogen-bond acceptors (Lipinski definition) is 5. The van der Waals surface area contributed by atoms with Crippen LogP contribution in [-0.4, -0.2) is 36.5 Å². The maximum absolute atomic E-state index is 12.2. The maximum atomic E-state index is 12.2. The molecule has 1 amide bonds. The molecule has 23 heavy (non-hydrogen) atoms. The van der Waals surface area contributed by atoms with Gasteiger partial charge in [0.15, 0.2) is 0 Å². The minimum absolute atomic E-state index is 0.246. The Labute approximate surface area is 145 Å². The average molecular weight is 354 g/mol. The molecule has 0 radical (unpaired) electrons. The molecule has 0 spiro atoms. The monoisotopic (exact) mass is 353 g/mol. The Balaban J connectivity index is 2.02. The molecule has 0 atom stereocenters. The number of benzene rings is 1. The van der Waals surface area contributed by atoms with Crippen LogP contribution in [0.4, 0.5) is 5.69 Å². The lowest BCUT2D eigenvalue weighted by Gasteiger charge is -2.09. The topological polar surface area (TPSA) is 54.5 Å². The fourth-order valence-electron chi connectivity index (χ4n) is 1.86. The van der Waals surface area contributed by atoms with Crippen molar-refractivity contribution in [2.75, 3.05) is 26.0 Å². The molecule has 1 heterocycles. The smallest absolute Gasteiger partial charge is 0.275 e. The summed E-state index contributed by atoms with van der Waals surface area (Å²) in [4.78, 5) is 18.6. The second-order valence-electron chi connectivity index (χ2n) is 5.31. The van der Waals surface area contributed by atoms with Gasteiger partial charge in [-0.3, -0.25) is 4.79 Å². The number of halogens is 1. The lowest BCUT2D eigenvalue weighted by molar-refractivity contribution is 0.102. The van der Waals surface area contributed by atoms with Crippen LogP contribution in [-0.2, 0) is 6.54 Å². The van der Waals surface area contributed by atoms with Crippen molar-refractivity contribution >= 4 is 34.5 Å². The third-order valence-corrected chi connectivity index (χ3v) is 4.02. The Morgan fingerprint density at radius 1 is 1.43 bits per heavy atom. The largest absolute Gasteiger partial charge is 0.492 e. The summed E-state index contributed by atoms with van der Waals surface area (Å²) < 4.78 is 5.51. The molecule has 7 heteroatoms. The lowest BCUT2D eigenvalue weighted by Crippen LogP contribution is -2.14. The summed E-state index contributed by atoms with van der Waals surface area (Å²) in [5.74, 6) is 0.373. The molecular formula is C16H20ClN3O2S. The number of aromatic nitrogens is 1. The van der Waals surface area contributed by atoms with E-state index in [1.165, 1.54) is 11.3 Å². The van der Waals surface area contributed by atoms with E-state index in [4.69, 9.17) is 16.3 Å². The number of nitrogens with one attached hydrogen (secondary N) is 1. The average Bonchev–Trinajstić information content (AvgIpc) is 2.94. The number of hydrogen-bond donors (Lipinski definition) is 1. The molecule has 0 saturated carbocycles. The van der Waals surface area contributed by atoms with Crippen LogP contribution in [0.25, 0.3) is 0 Å². The van der Waals surface area contributed by atoms with E-state index >= 15 is 0 Å². The molecule has 5 nitrogen and oxygen atoms in total. The van der Waals surface area contributed by atoms with Crippen molar-refractivity contribution in [1.82, 2.24) is 9.88 Å². The number of nitrogens with zero attached hydrogens (tertiary/aromatic N) is 2. The van der Waals surface area contributed by atoms with Gasteiger partial charge in [-0.1, -0.05) is 18.5 Å². The van der Waals surface area contributed by atoms with Crippen molar-refractivity contribution in [2.45, 2.75) is 19.9 Å². The first-order valence-corrected chi connectivity index (χ1v) is 8.58. The van der Waals surface area contributed by atoms with Crippen LogP contribution in [0.2, 0.25) is 5.02 Å². The van der Waals surface area contributed by atoms with Crippen LogP contribution in [0.1, 0.15) is 28.8 Å². The minimum atomic E-state index is -0.246. The van der Waals surface area contributed by atoms with Crippen LogP contribution in [0.5, 0.6) is 5.75 Å². The first kappa shape index (κ1) is 17.7. The van der Waals surface area contributed by atoms with Crippen LogP contribution in [0.15, 0.2) is 23.6 Å². The SMILES string of the molecule is CCCOc1ccc(NC(=O)c2csc(CN(C)C)n2)cc1Cl. The van der Waals surface area contributed by atoms with Gasteiger partial charge in [-0.25, -0.2) is 4.98 Å². The second kappa shape index (κ2) is 8.29. The van der Waals surface area contributed by atoms with Crippen LogP contribution in [0, 0.1) is 0 Å². The molecular weight excluding hydrogens is 334 g/mol. The van der Waals surface area contributed by atoms with Gasteiger partial charge >= 0.3 is 0 Å². The van der Waals surface area contributed by atoms with Crippen molar-refractivity contribution in [3.05, 3.63) is 39.3 Å². The summed E-state index contributed by atoms with van der Waals surface area (Å²) >= 11 is 7.63. The van der Waals surface area contributed by atoms with Gasteiger partial charge in [-0.2, -0.15) is 0 Å². The summed E-state index contributed by atoms with van der Waals surface area (Å²) in [5, 5.41) is 5.94. The molecule has 2 aromatic rings. The van der Waals surface area contributed by atoms with Gasteiger partial charge in [0.2, 0.25) is 0 Å². The Bertz CT molecular complexity index is 673. The standard InChI is InChI=1S/C16H20ClN3O2S/c1-4-7-22-14-6-5-11(8-12(14)17)18-16(21)13-10-23-15(19-13)9-20(2)3/h5-6,8,10H,4,7,9H2,1-3H3,(H,18,21). The van der Waals surface area contributed by atoms with E-state index in [0.717, 1.165) is 11.4 Å². The molecule has 0 bridgehead atoms. The number of carbonyl (C=O) groups excluding carboxylic acids is 1. The number of thiazole rings is 1. The highest BCUT2D eigenvalue weighted by molar-refractivity contribution is 7.09. The number of ether oxygens (including phenoxy) is 1. The van der Waals surface area contributed by atoms with Gasteiger partial charge in [0, 0.05) is 17.6 Å². The van der Waals surface area contributed by atoms with Crippen molar-refractivity contribution < 1.29 is 9.53 Å². The lowest BCUT2D eigenvalue weighted by atomic mass is 10.3. The van der Waals surface area contributed by atoms with E-state index < -0.39 is 0 Å². The zero-order valence-corrected chi connectivity index (χ0v) is 15.0. The van der Waals surface area contributed by atoms with E-state index in [2.05, 4.69) is 10.3 Å². The van der Waals surface area contributed by atoms with Crippen LogP contribution < -0.4 is 10.1 Å². The van der Waals surface area contributed by atoms with E-state index in [0.29, 0.717) is 35.3 Å². The van der Waals surface area contributed by atoms with Gasteiger partial charge < -0.3 is 15.0 Å². The molecule has 0 aliphatic heterocycles.